The molecule has 0 aromatic heterocycles. The predicted octanol–water partition coefficient (Wildman–Crippen LogP) is 7.86. The van der Waals surface area contributed by atoms with E-state index in [0.29, 0.717) is 0 Å². The molecule has 4 heteroatoms. The van der Waals surface area contributed by atoms with Gasteiger partial charge < -0.3 is 4.90 Å². The maximum Gasteiger partial charge on any atom is 0.0169 e. The maximum absolute atomic E-state index is 5.89. The van der Waals surface area contributed by atoms with Gasteiger partial charge in [0.1, 0.15) is 0 Å². The number of nitrogens with zero attached hydrogens (tertiary/aromatic N) is 1. The number of hydrogen-bond acceptors (Lipinski definition) is 1. The fourth-order valence-electron chi connectivity index (χ4n) is 3.44. The van der Waals surface area contributed by atoms with Gasteiger partial charge in [0.2, 0.25) is 0 Å². The minimum atomic E-state index is -1.73. The molecule has 3 rings (SSSR count). The molecule has 160 valence electrons. The summed E-state index contributed by atoms with van der Waals surface area (Å²) in [5, 5.41) is 0. The third-order valence-corrected chi connectivity index (χ3v) is 6.20. The average molecular weight is 518 g/mol. The molecule has 0 N–H and O–H groups in total. The fraction of sp³-hybridized carbons (Fsp3) is 0.320. The van der Waals surface area contributed by atoms with E-state index in [1.165, 1.54) is 27.9 Å². The Morgan fingerprint density at radius 3 is 2.21 bits per heavy atom. The van der Waals surface area contributed by atoms with Gasteiger partial charge in [-0.3, -0.25) is 0 Å². The van der Waals surface area contributed by atoms with Crippen LogP contribution in [-0.2, 0) is 13.5 Å². The van der Waals surface area contributed by atoms with Gasteiger partial charge in [0.15, 0.2) is 0 Å². The van der Waals surface area contributed by atoms with Gasteiger partial charge in [-0.2, -0.15) is 0 Å². The Morgan fingerprint density at radius 1 is 1.07 bits per heavy atom. The van der Waals surface area contributed by atoms with Gasteiger partial charge in [-0.05, 0) is 38.1 Å². The second kappa shape index (κ2) is 10.8. The van der Waals surface area contributed by atoms with Crippen molar-refractivity contribution in [2.75, 3.05) is 4.90 Å². The zero-order valence-corrected chi connectivity index (χ0v) is 21.4. The molecule has 0 aliphatic carbocycles. The van der Waals surface area contributed by atoms with Crippen molar-refractivity contribution in [2.24, 2.45) is 5.41 Å². The van der Waals surface area contributed by atoms with Crippen LogP contribution in [0.2, 0.25) is 0 Å². The average Bonchev–Trinajstić information content (AvgIpc) is 3.09. The third kappa shape index (κ3) is 7.93. The van der Waals surface area contributed by atoms with E-state index in [1.54, 1.807) is 0 Å². The van der Waals surface area contributed by atoms with Gasteiger partial charge in [-0.1, -0.05) is 23.8 Å². The summed E-state index contributed by atoms with van der Waals surface area (Å²) < 4.78 is 1.99. The first-order valence-electron chi connectivity index (χ1n) is 9.71. The smallest absolute Gasteiger partial charge is 0.0169 e. The van der Waals surface area contributed by atoms with Crippen molar-refractivity contribution >= 4 is 29.7 Å². The summed E-state index contributed by atoms with van der Waals surface area (Å²) in [4.78, 5) is 2.23. The molecule has 1 aliphatic rings. The van der Waals surface area contributed by atoms with E-state index in [1.807, 2.05) is 16.7 Å². The molecule has 1 nitrogen and oxygen atoms in total. The Hall–Kier alpha value is -1.08. The Morgan fingerprint density at radius 2 is 1.69 bits per heavy atom. The van der Waals surface area contributed by atoms with Gasteiger partial charge >= 0.3 is 106 Å². The van der Waals surface area contributed by atoms with E-state index in [-0.39, 0.29) is 5.41 Å². The van der Waals surface area contributed by atoms with Crippen LogP contribution in [0.25, 0.3) is 0 Å². The van der Waals surface area contributed by atoms with Crippen LogP contribution >= 0.6 is 19.4 Å². The van der Waals surface area contributed by atoms with Crippen molar-refractivity contribution in [3.8, 4) is 0 Å². The molecule has 0 spiro atoms. The summed E-state index contributed by atoms with van der Waals surface area (Å²) in [6.45, 7) is 15.3. The summed E-state index contributed by atoms with van der Waals surface area (Å²) in [5.41, 5.74) is 7.91. The maximum atomic E-state index is 5.89. The van der Waals surface area contributed by atoms with Gasteiger partial charge in [0, 0.05) is 5.69 Å². The van der Waals surface area contributed by atoms with Crippen molar-refractivity contribution in [1.29, 1.82) is 0 Å². The molecular weight excluding hydrogens is 486 g/mol. The fourth-order valence-corrected chi connectivity index (χ4v) is 5.29. The van der Waals surface area contributed by atoms with Crippen LogP contribution in [0.3, 0.4) is 0 Å². The van der Waals surface area contributed by atoms with E-state index >= 15 is 0 Å². The van der Waals surface area contributed by atoms with E-state index in [2.05, 4.69) is 95.9 Å². The van der Waals surface area contributed by atoms with Crippen LogP contribution in [-0.4, -0.2) is 4.61 Å². The predicted molar refractivity (Wildman–Crippen MR) is 127 cm³/mol. The van der Waals surface area contributed by atoms with Crippen LogP contribution in [0.5, 0.6) is 0 Å². The van der Waals surface area contributed by atoms with E-state index in [0.717, 1.165) is 12.0 Å². The Kier molecular flexibility index (Phi) is 9.01. The normalized spacial score (nSPS) is 13.7. The van der Waals surface area contributed by atoms with Gasteiger partial charge in [0.25, 0.3) is 0 Å². The van der Waals surface area contributed by atoms with Crippen molar-refractivity contribution in [2.45, 2.75) is 48.0 Å². The Balaban J connectivity index is 0.000000207. The number of rotatable bonds is 3. The van der Waals surface area contributed by atoms with Crippen LogP contribution in [0.1, 0.15) is 55.0 Å². The van der Waals surface area contributed by atoms with Crippen molar-refractivity contribution in [3.05, 3.63) is 89.5 Å². The summed E-state index contributed by atoms with van der Waals surface area (Å²) in [5.74, 6) is 0. The molecule has 2 aromatic rings. The standard InChI is InChI=1S/C13H16N.C12H15.2ClH.Ru/c1-10-8-11(2)13(12(3)9-10)14-6-4-5-7-14;1-10-7-5-6-8-11(10)9-12(2,3)4;;;/h4,6-9H,5H2,1-3H3;1,5-9H,2-4H3;2*1H;/q2*-1;;;+2/p-2. The first kappa shape index (κ1) is 24.2. The molecule has 0 amide bonds. The van der Waals surface area contributed by atoms with Gasteiger partial charge in [-0.15, -0.1) is 6.42 Å². The number of aryl methyl sites for hydroxylation is 3. The number of hydrogen-bond donors (Lipinski definition) is 0. The molecule has 0 radical (unpaired) electrons. The molecule has 1 heterocycles. The second-order valence-corrected chi connectivity index (χ2v) is 14.1. The molecule has 1 aliphatic heterocycles. The van der Waals surface area contributed by atoms with Crippen molar-refractivity contribution < 1.29 is 13.5 Å². The summed E-state index contributed by atoms with van der Waals surface area (Å²) in [7, 11) is 11.8. The second-order valence-electron chi connectivity index (χ2n) is 8.40. The molecule has 2 aromatic carbocycles. The summed E-state index contributed by atoms with van der Waals surface area (Å²) in [6.07, 6.45) is 7.61. The summed E-state index contributed by atoms with van der Waals surface area (Å²) >= 11 is -1.73. The molecule has 0 unspecified atom stereocenters. The monoisotopic (exact) mass is 517 g/mol. The molecule has 0 saturated carbocycles. The zero-order valence-electron chi connectivity index (χ0n) is 18.1. The van der Waals surface area contributed by atoms with Gasteiger partial charge in [0.05, 0.1) is 0 Å². The van der Waals surface area contributed by atoms with Crippen LogP contribution in [0.15, 0.2) is 48.7 Å². The summed E-state index contributed by atoms with van der Waals surface area (Å²) in [6, 6.07) is 12.7. The molecule has 0 bridgehead atoms. The van der Waals surface area contributed by atoms with E-state index in [4.69, 9.17) is 19.4 Å². The number of anilines is 1. The first-order chi connectivity index (χ1) is 13.6. The minimum absolute atomic E-state index is 0.167. The molecule has 29 heavy (non-hydrogen) atoms. The van der Waals surface area contributed by atoms with E-state index < -0.39 is 13.5 Å². The Bertz CT molecular complexity index is 867. The largest absolute Gasteiger partial charge is 0.500 e. The van der Waals surface area contributed by atoms with Crippen LogP contribution in [0, 0.1) is 39.2 Å². The molecule has 0 fully saturated rings. The number of halogens is 2. The van der Waals surface area contributed by atoms with E-state index in [9.17, 15) is 0 Å². The van der Waals surface area contributed by atoms with Crippen molar-refractivity contribution in [1.82, 2.24) is 0 Å². The zero-order chi connectivity index (χ0) is 21.6. The number of benzene rings is 2. The van der Waals surface area contributed by atoms with Crippen molar-refractivity contribution in [3.63, 3.8) is 0 Å². The van der Waals surface area contributed by atoms with Gasteiger partial charge in [-0.25, -0.2) is 6.54 Å². The first-order valence-corrected chi connectivity index (χ1v) is 15.2. The molecule has 0 atom stereocenters. The van der Waals surface area contributed by atoms with Crippen LogP contribution in [0.4, 0.5) is 5.69 Å². The minimum Gasteiger partial charge on any atom is -0.500 e. The third-order valence-electron chi connectivity index (χ3n) is 4.37. The topological polar surface area (TPSA) is 3.24 Å². The quantitative estimate of drug-likeness (QED) is 0.296. The molecular formula is C25H31Cl2NRu-2. The molecule has 0 saturated heterocycles. The van der Waals surface area contributed by atoms with Crippen LogP contribution < -0.4 is 4.90 Å². The Labute approximate surface area is 190 Å². The SMILES string of the molecule is CC(C)(C)[CH-]c1ccccc1[CH]=[Ru]([Cl])[Cl].Cc1cc(C)c(N2C=CC[CH-]2)c(C)c1.